The van der Waals surface area contributed by atoms with Crippen molar-refractivity contribution in [2.24, 2.45) is 0 Å². The zero-order valence-corrected chi connectivity index (χ0v) is 21.4. The van der Waals surface area contributed by atoms with Crippen molar-refractivity contribution in [3.8, 4) is 11.5 Å². The van der Waals surface area contributed by atoms with Crippen LogP contribution in [0, 0.1) is 0 Å². The Morgan fingerprint density at radius 2 is 1.80 bits per heavy atom. The van der Waals surface area contributed by atoms with Gasteiger partial charge < -0.3 is 24.4 Å². The van der Waals surface area contributed by atoms with Crippen LogP contribution in [0.4, 0.5) is 5.69 Å². The van der Waals surface area contributed by atoms with E-state index in [0.717, 1.165) is 79.1 Å². The summed E-state index contributed by atoms with van der Waals surface area (Å²) in [6.45, 7) is 7.32. The van der Waals surface area contributed by atoms with Crippen LogP contribution >= 0.6 is 0 Å². The molecule has 5 rings (SSSR count). The molecule has 3 aliphatic rings. The van der Waals surface area contributed by atoms with Crippen LogP contribution in [0.25, 0.3) is 5.57 Å². The summed E-state index contributed by atoms with van der Waals surface area (Å²) in [5, 5.41) is 11.8. The van der Waals surface area contributed by atoms with Crippen LogP contribution in [-0.2, 0) is 12.8 Å². The summed E-state index contributed by atoms with van der Waals surface area (Å²) >= 11 is 0. The molecule has 0 aromatic heterocycles. The van der Waals surface area contributed by atoms with Crippen molar-refractivity contribution >= 4 is 11.3 Å². The van der Waals surface area contributed by atoms with E-state index in [2.05, 4.69) is 41.1 Å². The highest BCUT2D eigenvalue weighted by molar-refractivity contribution is 5.84. The molecule has 1 unspecified atom stereocenters. The third kappa shape index (κ3) is 5.07. The van der Waals surface area contributed by atoms with Gasteiger partial charge in [-0.1, -0.05) is 25.5 Å². The van der Waals surface area contributed by atoms with Crippen molar-refractivity contribution in [1.29, 1.82) is 0 Å². The maximum Gasteiger partial charge on any atom is 0.143 e. The Morgan fingerprint density at radius 3 is 2.54 bits per heavy atom. The highest BCUT2D eigenvalue weighted by Gasteiger charge is 2.34. The maximum absolute atomic E-state index is 11.8. The van der Waals surface area contributed by atoms with Gasteiger partial charge in [0.2, 0.25) is 0 Å². The van der Waals surface area contributed by atoms with Gasteiger partial charge in [-0.2, -0.15) is 0 Å². The summed E-state index contributed by atoms with van der Waals surface area (Å²) in [6, 6.07) is 10.3. The average Bonchev–Trinajstić information content (AvgIpc) is 3.37. The largest absolute Gasteiger partial charge is 0.497 e. The molecule has 0 spiro atoms. The lowest BCUT2D eigenvalue weighted by atomic mass is 9.86. The molecule has 1 N–H and O–H groups in total. The van der Waals surface area contributed by atoms with Gasteiger partial charge in [-0.3, -0.25) is 0 Å². The lowest BCUT2D eigenvalue weighted by molar-refractivity contribution is 0.226. The molecular weight excluding hydrogens is 436 g/mol. The number of hydrogen-bond acceptors (Lipinski definition) is 5. The van der Waals surface area contributed by atoms with Crippen molar-refractivity contribution in [2.75, 3.05) is 44.8 Å². The number of likely N-dealkylation sites (tertiary alicyclic amines) is 1. The Balaban J connectivity index is 1.51. The van der Waals surface area contributed by atoms with Gasteiger partial charge >= 0.3 is 0 Å². The topological polar surface area (TPSA) is 45.2 Å². The van der Waals surface area contributed by atoms with Crippen molar-refractivity contribution in [1.82, 2.24) is 4.90 Å². The Kier molecular flexibility index (Phi) is 7.64. The molecule has 1 atom stereocenters. The summed E-state index contributed by atoms with van der Waals surface area (Å²) in [6.07, 6.45) is 10.8. The minimum absolute atomic E-state index is 0.659. The van der Waals surface area contributed by atoms with Crippen LogP contribution < -0.4 is 14.4 Å². The highest BCUT2D eigenvalue weighted by Crippen LogP contribution is 2.50. The number of aliphatic hydroxyl groups excluding tert-OH is 1. The molecule has 1 saturated heterocycles. The molecule has 1 fully saturated rings. The monoisotopic (exact) mass is 476 g/mol. The van der Waals surface area contributed by atoms with Crippen LogP contribution in [0.15, 0.2) is 36.5 Å². The van der Waals surface area contributed by atoms with Gasteiger partial charge in [0.1, 0.15) is 17.6 Å². The van der Waals surface area contributed by atoms with E-state index < -0.39 is 6.10 Å². The zero-order valence-electron chi connectivity index (χ0n) is 21.4. The second-order valence-electron chi connectivity index (χ2n) is 10.1. The molecule has 35 heavy (non-hydrogen) atoms. The van der Waals surface area contributed by atoms with Gasteiger partial charge in [-0.05, 0) is 99.5 Å². The smallest absolute Gasteiger partial charge is 0.143 e. The predicted molar refractivity (Wildman–Crippen MR) is 142 cm³/mol. The fourth-order valence-electron chi connectivity index (χ4n) is 5.95. The van der Waals surface area contributed by atoms with E-state index in [4.69, 9.17) is 9.47 Å². The lowest BCUT2D eigenvalue weighted by Gasteiger charge is -2.36. The number of aryl methyl sites for hydroxylation is 1. The van der Waals surface area contributed by atoms with Crippen LogP contribution in [0.5, 0.6) is 11.5 Å². The molecule has 188 valence electrons. The van der Waals surface area contributed by atoms with Crippen molar-refractivity contribution in [3.05, 3.63) is 58.8 Å². The van der Waals surface area contributed by atoms with E-state index in [9.17, 15) is 5.11 Å². The fourth-order valence-corrected chi connectivity index (χ4v) is 5.95. The first kappa shape index (κ1) is 24.2. The molecule has 0 bridgehead atoms. The molecule has 0 radical (unpaired) electrons. The van der Waals surface area contributed by atoms with Crippen molar-refractivity contribution in [3.63, 3.8) is 0 Å². The molecule has 2 aromatic rings. The maximum atomic E-state index is 11.8. The number of hydrogen-bond donors (Lipinski definition) is 1. The molecule has 0 saturated carbocycles. The van der Waals surface area contributed by atoms with Gasteiger partial charge in [-0.25, -0.2) is 0 Å². The average molecular weight is 477 g/mol. The first-order valence-electron chi connectivity index (χ1n) is 13.5. The molecule has 0 amide bonds. The molecular formula is C30H40N2O3. The summed E-state index contributed by atoms with van der Waals surface area (Å²) < 4.78 is 11.7. The second-order valence-corrected chi connectivity index (χ2v) is 10.1. The number of nitrogens with zero attached hydrogens (tertiary/aromatic N) is 2. The van der Waals surface area contributed by atoms with E-state index in [1.54, 1.807) is 7.11 Å². The Labute approximate surface area is 210 Å². The second kappa shape index (κ2) is 11.0. The van der Waals surface area contributed by atoms with Gasteiger partial charge in [0.15, 0.2) is 0 Å². The first-order valence-corrected chi connectivity index (χ1v) is 13.5. The summed E-state index contributed by atoms with van der Waals surface area (Å²) in [4.78, 5) is 4.98. The van der Waals surface area contributed by atoms with Crippen LogP contribution in [0.2, 0.25) is 0 Å². The normalized spacial score (nSPS) is 19.8. The molecule has 1 aliphatic carbocycles. The van der Waals surface area contributed by atoms with Crippen LogP contribution in [0.1, 0.15) is 73.8 Å². The standard InChI is InChI=1S/C30H40N2O3/c1-3-19-35-27-20-23-9-7-10-25(23)28-29(27)32(18-8-17-31-15-5-4-6-16-31)21-26(30(28)33)22-11-13-24(34-2)14-12-22/h11-14,20-21,30,33H,3-10,15-19H2,1-2H3. The number of rotatable bonds is 9. The number of aliphatic hydroxyl groups is 1. The van der Waals surface area contributed by atoms with Gasteiger partial charge in [0, 0.05) is 23.9 Å². The van der Waals surface area contributed by atoms with Crippen molar-refractivity contribution < 1.29 is 14.6 Å². The van der Waals surface area contributed by atoms with E-state index in [0.29, 0.717) is 6.61 Å². The SMILES string of the molecule is CCCOc1cc2c(c3c1N(CCCN1CCCCC1)C=C(c1ccc(OC)cc1)C3O)CCC2. The van der Waals surface area contributed by atoms with E-state index >= 15 is 0 Å². The minimum Gasteiger partial charge on any atom is -0.497 e. The number of ether oxygens (including phenoxy) is 2. The molecule has 5 nitrogen and oxygen atoms in total. The van der Waals surface area contributed by atoms with E-state index in [1.165, 1.54) is 43.5 Å². The number of benzene rings is 2. The molecule has 5 heteroatoms. The first-order chi connectivity index (χ1) is 17.2. The predicted octanol–water partition coefficient (Wildman–Crippen LogP) is 5.74. The summed E-state index contributed by atoms with van der Waals surface area (Å²) in [5.41, 5.74) is 6.83. The van der Waals surface area contributed by atoms with Crippen molar-refractivity contribution in [2.45, 2.75) is 64.4 Å². The number of anilines is 1. The Bertz CT molecular complexity index is 1040. The van der Waals surface area contributed by atoms with Gasteiger partial charge in [0.05, 0.1) is 19.4 Å². The summed E-state index contributed by atoms with van der Waals surface area (Å²) in [7, 11) is 1.69. The number of methoxy groups -OCH3 is 1. The molecule has 2 aromatic carbocycles. The van der Waals surface area contributed by atoms with Gasteiger partial charge in [-0.15, -0.1) is 0 Å². The number of fused-ring (bicyclic) bond motifs is 3. The number of piperidine rings is 1. The van der Waals surface area contributed by atoms with E-state index in [-0.39, 0.29) is 0 Å². The minimum atomic E-state index is -0.659. The quantitative estimate of drug-likeness (QED) is 0.500. The molecule has 2 heterocycles. The van der Waals surface area contributed by atoms with E-state index in [1.807, 2.05) is 12.1 Å². The zero-order chi connectivity index (χ0) is 24.2. The molecule has 2 aliphatic heterocycles. The van der Waals surface area contributed by atoms with Crippen LogP contribution in [-0.4, -0.2) is 49.9 Å². The third-order valence-corrected chi connectivity index (χ3v) is 7.74. The Morgan fingerprint density at radius 1 is 1.00 bits per heavy atom. The highest BCUT2D eigenvalue weighted by atomic mass is 16.5. The third-order valence-electron chi connectivity index (χ3n) is 7.74. The summed E-state index contributed by atoms with van der Waals surface area (Å²) in [5.74, 6) is 1.76. The Hall–Kier alpha value is -2.50. The fraction of sp³-hybridized carbons (Fsp3) is 0.533. The van der Waals surface area contributed by atoms with Crippen LogP contribution in [0.3, 0.4) is 0 Å². The lowest BCUT2D eigenvalue weighted by Crippen LogP contribution is -2.33. The van der Waals surface area contributed by atoms with Gasteiger partial charge in [0.25, 0.3) is 0 Å².